The number of hydrogen-bond acceptors (Lipinski definition) is 9. The zero-order valence-electron chi connectivity index (χ0n) is 34.1. The van der Waals surface area contributed by atoms with E-state index in [9.17, 15) is 29.5 Å². The maximum Gasteiger partial charge on any atom is 0.469 e. The van der Waals surface area contributed by atoms with Crippen LogP contribution < -0.4 is 0 Å². The molecule has 1 aliphatic carbocycles. The summed E-state index contributed by atoms with van der Waals surface area (Å²) >= 11 is 0. The van der Waals surface area contributed by atoms with Crippen molar-refractivity contribution in [3.8, 4) is 0 Å². The Bertz CT molecular complexity index is 1020. The Kier molecular flexibility index (Phi) is 29.8. The van der Waals surface area contributed by atoms with Crippen molar-refractivity contribution in [2.24, 2.45) is 17.8 Å². The number of hydrogen-bond donors (Lipinski definition) is 5. The van der Waals surface area contributed by atoms with Gasteiger partial charge in [-0.2, -0.15) is 0 Å². The first-order valence-corrected chi connectivity index (χ1v) is 23.1. The van der Waals surface area contributed by atoms with Crippen LogP contribution in [0.25, 0.3) is 0 Å². The van der Waals surface area contributed by atoms with Crippen molar-refractivity contribution in [2.75, 3.05) is 13.2 Å². The summed E-state index contributed by atoms with van der Waals surface area (Å²) in [6.45, 7) is 5.75. The largest absolute Gasteiger partial charge is 0.469 e. The van der Waals surface area contributed by atoms with Crippen molar-refractivity contribution in [3.63, 3.8) is 0 Å². The van der Waals surface area contributed by atoms with E-state index in [-0.39, 0.29) is 31.3 Å². The SMILES string of the molecule is CCCCC[C@H](O)/C=C/[C@@H]1[C@@H](CCCCCCC(=O)OC[C@H](COP(=O)(O)O)OC(=O)CCCCCCCCCCCCCCCC(C)C)[C@@H](O)C[C@H]1O. The number of ether oxygens (including phenoxy) is 2. The van der Waals surface area contributed by atoms with Crippen molar-refractivity contribution < 1.29 is 53.3 Å². The summed E-state index contributed by atoms with van der Waals surface area (Å²) in [5, 5.41) is 31.2. The number of carbonyl (C=O) groups is 2. The van der Waals surface area contributed by atoms with Gasteiger partial charge in [0.05, 0.1) is 24.9 Å². The molecule has 0 unspecified atom stereocenters. The number of phosphoric ester groups is 1. The highest BCUT2D eigenvalue weighted by atomic mass is 31.2. The minimum absolute atomic E-state index is 0.0808. The van der Waals surface area contributed by atoms with Crippen LogP contribution in [0.1, 0.15) is 188 Å². The Morgan fingerprint density at radius 2 is 1.22 bits per heavy atom. The predicted octanol–water partition coefficient (Wildman–Crippen LogP) is 9.25. The summed E-state index contributed by atoms with van der Waals surface area (Å²) in [5.74, 6) is -0.481. The summed E-state index contributed by atoms with van der Waals surface area (Å²) in [5.41, 5.74) is 0. The first-order chi connectivity index (χ1) is 25.8. The average molecular weight is 791 g/mol. The van der Waals surface area contributed by atoms with Crippen molar-refractivity contribution in [1.82, 2.24) is 0 Å². The molecule has 6 atom stereocenters. The standard InChI is InChI=1S/C42H79O11P/c1-4-5-19-25-35(43)29-30-38-37(39(44)31-40(38)45)26-21-17-18-22-27-41(46)51-32-36(33-52-54(48,49)50)53-42(47)28-23-16-14-12-10-8-6-7-9-11-13-15-20-24-34(2)3/h29-30,34-40,43-45H,4-28,31-33H2,1-3H3,(H2,48,49,50)/b30-29+/t35-,36+,37+,38+,39-,40+/m0/s1. The highest BCUT2D eigenvalue weighted by Crippen LogP contribution is 2.38. The number of unbranched alkanes of at least 4 members (excludes halogenated alkanes) is 17. The lowest BCUT2D eigenvalue weighted by molar-refractivity contribution is -0.161. The van der Waals surface area contributed by atoms with E-state index in [0.717, 1.165) is 70.1 Å². The molecular formula is C42H79O11P. The second-order valence-electron chi connectivity index (χ2n) is 16.1. The molecule has 318 valence electrons. The van der Waals surface area contributed by atoms with Crippen LogP contribution in [0.15, 0.2) is 12.2 Å². The van der Waals surface area contributed by atoms with Crippen LogP contribution in [0, 0.1) is 17.8 Å². The Balaban J connectivity index is 2.24. The second-order valence-corrected chi connectivity index (χ2v) is 17.4. The monoisotopic (exact) mass is 791 g/mol. The van der Waals surface area contributed by atoms with E-state index in [1.165, 1.54) is 64.2 Å². The van der Waals surface area contributed by atoms with Gasteiger partial charge in [0.2, 0.25) is 0 Å². The number of rotatable bonds is 35. The second kappa shape index (κ2) is 31.7. The van der Waals surface area contributed by atoms with Gasteiger partial charge in [0.1, 0.15) is 6.61 Å². The average Bonchev–Trinajstić information content (AvgIpc) is 3.38. The number of aliphatic hydroxyl groups excluding tert-OH is 3. The van der Waals surface area contributed by atoms with Crippen LogP contribution in [0.5, 0.6) is 0 Å². The first kappa shape index (κ1) is 50.7. The van der Waals surface area contributed by atoms with Gasteiger partial charge in [0.25, 0.3) is 0 Å². The molecule has 0 saturated heterocycles. The van der Waals surface area contributed by atoms with Gasteiger partial charge in [0, 0.05) is 25.2 Å². The molecule has 5 N–H and O–H groups in total. The molecule has 0 radical (unpaired) electrons. The third-order valence-electron chi connectivity index (χ3n) is 10.6. The van der Waals surface area contributed by atoms with E-state index in [1.807, 2.05) is 6.08 Å². The first-order valence-electron chi connectivity index (χ1n) is 21.6. The van der Waals surface area contributed by atoms with Gasteiger partial charge >= 0.3 is 19.8 Å². The lowest BCUT2D eigenvalue weighted by Crippen LogP contribution is -2.29. The lowest BCUT2D eigenvalue weighted by Gasteiger charge is -2.21. The Hall–Kier alpha value is -1.33. The highest BCUT2D eigenvalue weighted by Gasteiger charge is 2.39. The van der Waals surface area contributed by atoms with E-state index in [4.69, 9.17) is 19.3 Å². The number of carbonyl (C=O) groups excluding carboxylic acids is 2. The molecule has 0 spiro atoms. The molecule has 0 aromatic rings. The van der Waals surface area contributed by atoms with Gasteiger partial charge in [-0.15, -0.1) is 0 Å². The van der Waals surface area contributed by atoms with Crippen molar-refractivity contribution in [2.45, 2.75) is 212 Å². The summed E-state index contributed by atoms with van der Waals surface area (Å²) in [6.07, 6.45) is 25.7. The Morgan fingerprint density at radius 1 is 0.704 bits per heavy atom. The van der Waals surface area contributed by atoms with Crippen molar-refractivity contribution >= 4 is 19.8 Å². The van der Waals surface area contributed by atoms with E-state index in [0.29, 0.717) is 25.7 Å². The normalized spacial score (nSPS) is 20.2. The molecule has 11 nitrogen and oxygen atoms in total. The summed E-state index contributed by atoms with van der Waals surface area (Å²) in [7, 11) is -4.80. The zero-order valence-corrected chi connectivity index (χ0v) is 35.0. The molecule has 0 heterocycles. The molecule has 0 aromatic heterocycles. The van der Waals surface area contributed by atoms with Crippen molar-refractivity contribution in [1.29, 1.82) is 0 Å². The molecule has 1 saturated carbocycles. The maximum absolute atomic E-state index is 12.5. The molecule has 1 fully saturated rings. The third kappa shape index (κ3) is 28.1. The van der Waals surface area contributed by atoms with E-state index in [1.54, 1.807) is 6.08 Å². The molecule has 0 aromatic carbocycles. The third-order valence-corrected chi connectivity index (χ3v) is 11.0. The van der Waals surface area contributed by atoms with Crippen molar-refractivity contribution in [3.05, 3.63) is 12.2 Å². The molecule has 0 amide bonds. The molecule has 1 aliphatic rings. The van der Waals surface area contributed by atoms with Gasteiger partial charge in [-0.05, 0) is 37.5 Å². The minimum Gasteiger partial charge on any atom is -0.462 e. The lowest BCUT2D eigenvalue weighted by atomic mass is 9.88. The Morgan fingerprint density at radius 3 is 1.78 bits per heavy atom. The van der Waals surface area contributed by atoms with Crippen LogP contribution in [0.4, 0.5) is 0 Å². The van der Waals surface area contributed by atoms with Crippen LogP contribution in [-0.2, 0) is 28.2 Å². The topological polar surface area (TPSA) is 180 Å². The molecular weight excluding hydrogens is 711 g/mol. The van der Waals surface area contributed by atoms with Gasteiger partial charge in [0.15, 0.2) is 6.10 Å². The van der Waals surface area contributed by atoms with Crippen LogP contribution in [0.2, 0.25) is 0 Å². The summed E-state index contributed by atoms with van der Waals surface area (Å²) < 4.78 is 26.4. The summed E-state index contributed by atoms with van der Waals surface area (Å²) in [6, 6.07) is 0. The smallest absolute Gasteiger partial charge is 0.462 e. The van der Waals surface area contributed by atoms with Crippen LogP contribution in [-0.4, -0.2) is 74.7 Å². The molecule has 0 bridgehead atoms. The highest BCUT2D eigenvalue weighted by molar-refractivity contribution is 7.46. The van der Waals surface area contributed by atoms with Gasteiger partial charge in [-0.25, -0.2) is 4.57 Å². The van der Waals surface area contributed by atoms with E-state index < -0.39 is 50.8 Å². The van der Waals surface area contributed by atoms with Crippen LogP contribution in [0.3, 0.4) is 0 Å². The van der Waals surface area contributed by atoms with Gasteiger partial charge in [-0.1, -0.05) is 155 Å². The maximum atomic E-state index is 12.5. The zero-order chi connectivity index (χ0) is 40.0. The van der Waals surface area contributed by atoms with Crippen LogP contribution >= 0.6 is 7.82 Å². The molecule has 54 heavy (non-hydrogen) atoms. The van der Waals surface area contributed by atoms with Gasteiger partial charge < -0.3 is 34.6 Å². The fraction of sp³-hybridized carbons (Fsp3) is 0.905. The molecule has 12 heteroatoms. The predicted molar refractivity (Wildman–Crippen MR) is 214 cm³/mol. The van der Waals surface area contributed by atoms with E-state index >= 15 is 0 Å². The minimum atomic E-state index is -4.80. The van der Waals surface area contributed by atoms with Gasteiger partial charge in [-0.3, -0.25) is 14.1 Å². The number of phosphoric acid groups is 1. The molecule has 0 aliphatic heterocycles. The fourth-order valence-corrected chi connectivity index (χ4v) is 7.66. The summed E-state index contributed by atoms with van der Waals surface area (Å²) in [4.78, 5) is 43.1. The molecule has 1 rings (SSSR count). The van der Waals surface area contributed by atoms with E-state index in [2.05, 4.69) is 25.3 Å². The quantitative estimate of drug-likeness (QED) is 0.0179. The Labute approximate surface area is 327 Å². The number of esters is 2. The fourth-order valence-electron chi connectivity index (χ4n) is 7.30. The number of aliphatic hydroxyl groups is 3.